The fourth-order valence-corrected chi connectivity index (χ4v) is 14.5. The van der Waals surface area contributed by atoms with Crippen LogP contribution >= 0.6 is 0 Å². The lowest BCUT2D eigenvalue weighted by atomic mass is 9.33. The molecule has 1 aromatic rings. The molecule has 0 bridgehead atoms. The highest BCUT2D eigenvalue weighted by molar-refractivity contribution is 6.31. The van der Waals surface area contributed by atoms with Gasteiger partial charge < -0.3 is 27.8 Å². The van der Waals surface area contributed by atoms with E-state index >= 15 is 0 Å². The molecule has 324 valence electrons. The number of para-hydroxylation sites is 1. The molecule has 2 heterocycles. The van der Waals surface area contributed by atoms with Crippen LogP contribution in [0.5, 0.6) is 0 Å². The molecule has 8 atom stereocenters. The molecule has 0 unspecified atom stereocenters. The summed E-state index contributed by atoms with van der Waals surface area (Å²) in [4.78, 5) is 43.0. The highest BCUT2D eigenvalue weighted by atomic mass is 35.5. The zero-order valence-corrected chi connectivity index (χ0v) is 38.5. The number of allylic oxidation sites excluding steroid dienone is 2. The van der Waals surface area contributed by atoms with Gasteiger partial charge in [0.15, 0.2) is 6.67 Å². The fourth-order valence-electron chi connectivity index (χ4n) is 14.5. The second kappa shape index (κ2) is 15.0. The van der Waals surface area contributed by atoms with E-state index in [-0.39, 0.29) is 69.3 Å². The highest BCUT2D eigenvalue weighted by Gasteiger charge is 2.69. The molecule has 4 fully saturated rings. The van der Waals surface area contributed by atoms with Crippen molar-refractivity contribution >= 4 is 35.4 Å². The monoisotopic (exact) mass is 830 g/mol. The van der Waals surface area contributed by atoms with Crippen LogP contribution in [-0.4, -0.2) is 67.2 Å². The minimum atomic E-state index is -0.435. The van der Waals surface area contributed by atoms with E-state index in [0.29, 0.717) is 41.8 Å². The number of hydrogen-bond donors (Lipinski definition) is 2. The first kappa shape index (κ1) is 43.9. The number of anilines is 1. The first-order chi connectivity index (χ1) is 27.3. The van der Waals surface area contributed by atoms with Gasteiger partial charge in [-0.2, -0.15) is 4.59 Å². The Morgan fingerprint density at radius 3 is 2.29 bits per heavy atom. The lowest BCUT2D eigenvalue weighted by Crippen LogP contribution is -3.00. The normalized spacial score (nSPS) is 36.8. The van der Waals surface area contributed by atoms with Crippen LogP contribution < -0.4 is 27.9 Å². The number of hydrogen-bond acceptors (Lipinski definition) is 6. The average Bonchev–Trinajstić information content (AvgIpc) is 3.58. The Bertz CT molecular complexity index is 1970. The maximum Gasteiger partial charge on any atom is 0.302 e. The van der Waals surface area contributed by atoms with Crippen LogP contribution in [0.3, 0.4) is 0 Å². The van der Waals surface area contributed by atoms with E-state index in [1.807, 2.05) is 18.2 Å². The lowest BCUT2D eigenvalue weighted by Gasteiger charge is -2.71. The van der Waals surface area contributed by atoms with Crippen LogP contribution in [0, 0.1) is 50.2 Å². The molecule has 0 aromatic heterocycles. The summed E-state index contributed by atoms with van der Waals surface area (Å²) in [6, 6.07) is 8.23. The standard InChI is InChI=1S/C49H71N5O4.ClH/c1-11-54(12-2)31-53-37-16-14-13-15-33(37)29-34(41(53)52-54)42(56)50-27-28-51-43(57)49-25-23-44(4,5)30-36(49)35-17-18-39-46(8)21-20-40(58-32(3)55)45(6,7)38(46)19-22-48(39,10)47(35,9)24-26-49;/h13-17,29,36,38-40H,11-12,18-28,30-31H2,1-10H3,(H-,50,51,56,57);1H/t36-,38-,39+,40-,46-,47+,48+,49-;/m0./s1. The second-order valence-electron chi connectivity index (χ2n) is 21.7. The predicted octanol–water partition coefficient (Wildman–Crippen LogP) is 6.00. The number of quaternary nitrogens is 1. The number of fused-ring (bicyclic) bond motifs is 10. The number of amidine groups is 1. The number of halogens is 1. The van der Waals surface area contributed by atoms with E-state index in [1.165, 1.54) is 6.42 Å². The molecule has 5 aliphatic carbocycles. The zero-order chi connectivity index (χ0) is 41.7. The summed E-state index contributed by atoms with van der Waals surface area (Å²) in [6.45, 7) is 26.3. The molecule has 2 amide bonds. The Kier molecular flexibility index (Phi) is 11.2. The van der Waals surface area contributed by atoms with Crippen molar-refractivity contribution < 1.29 is 36.1 Å². The topological polar surface area (TPSA) is 100 Å². The number of ether oxygens (including phenoxy) is 1. The largest absolute Gasteiger partial charge is 1.00 e. The van der Waals surface area contributed by atoms with Crippen molar-refractivity contribution in [3.8, 4) is 0 Å². The minimum absolute atomic E-state index is 0. The van der Waals surface area contributed by atoms with E-state index in [4.69, 9.17) is 9.84 Å². The summed E-state index contributed by atoms with van der Waals surface area (Å²) in [6.07, 6.45) is 14.9. The van der Waals surface area contributed by atoms with Crippen LogP contribution in [0.1, 0.15) is 139 Å². The number of rotatable bonds is 8. The van der Waals surface area contributed by atoms with Gasteiger partial charge in [-0.15, -0.1) is 0 Å². The van der Waals surface area contributed by atoms with Gasteiger partial charge in [0, 0.05) is 25.4 Å². The van der Waals surface area contributed by atoms with Gasteiger partial charge in [-0.3, -0.25) is 19.3 Å². The number of nitrogens with zero attached hydrogens (tertiary/aromatic N) is 3. The van der Waals surface area contributed by atoms with Crippen LogP contribution in [0.2, 0.25) is 0 Å². The molecule has 2 N–H and O–H groups in total. The number of amides is 2. The van der Waals surface area contributed by atoms with Gasteiger partial charge in [0.25, 0.3) is 5.91 Å². The molecular weight excluding hydrogens is 758 g/mol. The maximum atomic E-state index is 14.8. The van der Waals surface area contributed by atoms with Gasteiger partial charge in [0.2, 0.25) is 11.7 Å². The molecule has 1 aromatic carbocycles. The highest BCUT2D eigenvalue weighted by Crippen LogP contribution is 2.76. The molecule has 9 nitrogen and oxygen atoms in total. The van der Waals surface area contributed by atoms with Crippen molar-refractivity contribution in [1.29, 1.82) is 0 Å². The molecule has 10 heteroatoms. The van der Waals surface area contributed by atoms with Gasteiger partial charge in [-0.05, 0) is 135 Å². The van der Waals surface area contributed by atoms with E-state index in [0.717, 1.165) is 88.0 Å². The molecule has 0 saturated heterocycles. The summed E-state index contributed by atoms with van der Waals surface area (Å²) >= 11 is 0. The van der Waals surface area contributed by atoms with Crippen molar-refractivity contribution in [3.63, 3.8) is 0 Å². The Morgan fingerprint density at radius 1 is 0.881 bits per heavy atom. The average molecular weight is 831 g/mol. The third kappa shape index (κ3) is 6.64. The summed E-state index contributed by atoms with van der Waals surface area (Å²) in [5.74, 6) is 1.84. The summed E-state index contributed by atoms with van der Waals surface area (Å²) in [5.41, 5.74) is 4.23. The van der Waals surface area contributed by atoms with Gasteiger partial charge in [0.05, 0.1) is 16.7 Å². The first-order valence-electron chi connectivity index (χ1n) is 22.8. The maximum absolute atomic E-state index is 14.8. The van der Waals surface area contributed by atoms with Gasteiger partial charge in [-0.25, -0.2) is 0 Å². The second-order valence-corrected chi connectivity index (χ2v) is 21.7. The Balaban J connectivity index is 0.00000528. The SMILES string of the molecule is CC[N+]1(CC)CN2C(=N1)C(C(=O)NCCNC(=O)[C@]13CCC(C)(C)C[C@H]1C1=CC[C@@H]4[C@@]5(C)CC[C@H](OC(C)=O)C(C)(C)[C@@H]5CC[C@@]4(C)[C@]1(C)CC3)=Cc1ccccc12.[Cl-]. The van der Waals surface area contributed by atoms with Crippen LogP contribution in [0.25, 0.3) is 6.08 Å². The van der Waals surface area contributed by atoms with Gasteiger partial charge in [0.1, 0.15) is 19.2 Å². The molecule has 2 aliphatic heterocycles. The summed E-state index contributed by atoms with van der Waals surface area (Å²) in [7, 11) is 0. The van der Waals surface area contributed by atoms with Gasteiger partial charge >= 0.3 is 5.97 Å². The first-order valence-corrected chi connectivity index (χ1v) is 22.8. The van der Waals surface area contributed by atoms with Crippen LogP contribution in [0.15, 0.2) is 46.6 Å². The molecule has 8 rings (SSSR count). The Labute approximate surface area is 360 Å². The van der Waals surface area contributed by atoms with Crippen molar-refractivity contribution in [2.75, 3.05) is 37.7 Å². The smallest absolute Gasteiger partial charge is 0.302 e. The molecule has 59 heavy (non-hydrogen) atoms. The Hall–Kier alpha value is -3.17. The molecule has 4 saturated carbocycles. The van der Waals surface area contributed by atoms with E-state index in [9.17, 15) is 14.4 Å². The number of carbonyl (C=O) groups is 3. The predicted molar refractivity (Wildman–Crippen MR) is 231 cm³/mol. The third-order valence-corrected chi connectivity index (χ3v) is 18.2. The summed E-state index contributed by atoms with van der Waals surface area (Å²) in [5, 5.41) is 11.7. The molecular formula is C49H72ClN5O4. The van der Waals surface area contributed by atoms with Crippen molar-refractivity contribution in [1.82, 2.24) is 10.6 Å². The fraction of sp³-hybridized carbons (Fsp3) is 0.714. The quantitative estimate of drug-likeness (QED) is 0.145. The molecule has 0 radical (unpaired) electrons. The minimum Gasteiger partial charge on any atom is -1.00 e. The molecule has 0 spiro atoms. The van der Waals surface area contributed by atoms with E-state index < -0.39 is 5.41 Å². The Morgan fingerprint density at radius 2 is 1.58 bits per heavy atom. The van der Waals surface area contributed by atoms with Crippen LogP contribution in [0.4, 0.5) is 5.69 Å². The zero-order valence-electron chi connectivity index (χ0n) is 37.7. The van der Waals surface area contributed by atoms with Crippen LogP contribution in [-0.2, 0) is 19.1 Å². The van der Waals surface area contributed by atoms with Gasteiger partial charge in [-0.1, -0.05) is 83.4 Å². The number of nitrogens with one attached hydrogen (secondary N) is 2. The third-order valence-electron chi connectivity index (χ3n) is 18.2. The lowest BCUT2D eigenvalue weighted by molar-refractivity contribution is -0.925. The van der Waals surface area contributed by atoms with Crippen molar-refractivity contribution in [2.45, 2.75) is 140 Å². The summed E-state index contributed by atoms with van der Waals surface area (Å²) < 4.78 is 6.54. The van der Waals surface area contributed by atoms with Crippen molar-refractivity contribution in [3.05, 3.63) is 47.1 Å². The van der Waals surface area contributed by atoms with Crippen molar-refractivity contribution in [2.24, 2.45) is 55.3 Å². The van der Waals surface area contributed by atoms with E-state index in [2.05, 4.69) is 96.1 Å². The van der Waals surface area contributed by atoms with E-state index in [1.54, 1.807) is 12.5 Å². The number of benzene rings is 1. The number of carbonyl (C=O) groups excluding carboxylic acids is 3. The number of esters is 1. The molecule has 7 aliphatic rings.